The Morgan fingerprint density at radius 2 is 2.27 bits per heavy atom. The van der Waals surface area contributed by atoms with Crippen molar-refractivity contribution in [3.05, 3.63) is 35.0 Å². The van der Waals surface area contributed by atoms with E-state index in [0.717, 1.165) is 16.5 Å². The van der Waals surface area contributed by atoms with E-state index < -0.39 is 0 Å². The first-order valence-electron chi connectivity index (χ1n) is 5.05. The van der Waals surface area contributed by atoms with Crippen LogP contribution < -0.4 is 5.32 Å². The van der Waals surface area contributed by atoms with E-state index in [9.17, 15) is 4.39 Å². The molecule has 2 aromatic rings. The first-order valence-corrected chi connectivity index (χ1v) is 5.86. The molecular formula is C12H14FNS. The Labute approximate surface area is 92.9 Å². The third-order valence-electron chi connectivity index (χ3n) is 2.56. The third kappa shape index (κ3) is 2.19. The maximum absolute atomic E-state index is 13.4. The van der Waals surface area contributed by atoms with Gasteiger partial charge in [0.15, 0.2) is 0 Å². The average Bonchev–Trinajstić information content (AvgIpc) is 2.62. The van der Waals surface area contributed by atoms with Crippen LogP contribution in [-0.4, -0.2) is 13.1 Å². The Balaban J connectivity index is 2.35. The lowest BCUT2D eigenvalue weighted by atomic mass is 10.2. The van der Waals surface area contributed by atoms with Crippen LogP contribution in [0.25, 0.3) is 10.1 Å². The van der Waals surface area contributed by atoms with Crippen molar-refractivity contribution in [3.8, 4) is 0 Å². The smallest absolute Gasteiger partial charge is 0.131 e. The zero-order valence-electron chi connectivity index (χ0n) is 8.88. The zero-order chi connectivity index (χ0) is 10.8. The lowest BCUT2D eigenvalue weighted by Gasteiger charge is -2.06. The highest BCUT2D eigenvalue weighted by Gasteiger charge is 2.07. The molecule has 3 heteroatoms. The van der Waals surface area contributed by atoms with E-state index in [1.54, 1.807) is 17.4 Å². The van der Waals surface area contributed by atoms with Crippen LogP contribution in [-0.2, 0) is 6.42 Å². The fraction of sp³-hybridized carbons (Fsp3) is 0.333. The van der Waals surface area contributed by atoms with Gasteiger partial charge in [0, 0.05) is 21.0 Å². The maximum Gasteiger partial charge on any atom is 0.131 e. The average molecular weight is 223 g/mol. The second kappa shape index (κ2) is 4.29. The number of hydrogen-bond donors (Lipinski definition) is 1. The van der Waals surface area contributed by atoms with E-state index in [1.165, 1.54) is 10.9 Å². The van der Waals surface area contributed by atoms with Gasteiger partial charge in [-0.2, -0.15) is 0 Å². The monoisotopic (exact) mass is 223 g/mol. The number of thiophene rings is 1. The molecule has 0 aliphatic rings. The molecule has 0 aliphatic heterocycles. The van der Waals surface area contributed by atoms with Gasteiger partial charge >= 0.3 is 0 Å². The first-order chi connectivity index (χ1) is 7.20. The summed E-state index contributed by atoms with van der Waals surface area (Å²) >= 11 is 1.68. The van der Waals surface area contributed by atoms with Crippen LogP contribution in [0.15, 0.2) is 24.3 Å². The fourth-order valence-corrected chi connectivity index (χ4v) is 2.79. The number of halogens is 1. The number of likely N-dealkylation sites (N-methyl/N-ethyl adjacent to an activating group) is 1. The van der Waals surface area contributed by atoms with Gasteiger partial charge in [-0.15, -0.1) is 11.3 Å². The molecule has 0 bridgehead atoms. The van der Waals surface area contributed by atoms with Crippen molar-refractivity contribution >= 4 is 21.4 Å². The Bertz CT molecular complexity index is 464. The normalized spacial score (nSPS) is 13.3. The number of fused-ring (bicyclic) bond motifs is 1. The predicted octanol–water partition coefficient (Wildman–Crippen LogP) is 3.19. The molecule has 15 heavy (non-hydrogen) atoms. The Kier molecular flexibility index (Phi) is 3.03. The molecular weight excluding hydrogens is 209 g/mol. The Morgan fingerprint density at radius 3 is 2.93 bits per heavy atom. The number of hydrogen-bond acceptors (Lipinski definition) is 2. The highest BCUT2D eigenvalue weighted by molar-refractivity contribution is 7.19. The molecule has 0 radical (unpaired) electrons. The van der Waals surface area contributed by atoms with Crippen molar-refractivity contribution < 1.29 is 4.39 Å². The summed E-state index contributed by atoms with van der Waals surface area (Å²) in [5.74, 6) is -0.118. The number of benzene rings is 1. The molecule has 1 aromatic carbocycles. The van der Waals surface area contributed by atoms with E-state index in [2.05, 4.69) is 12.2 Å². The van der Waals surface area contributed by atoms with Gasteiger partial charge in [0.2, 0.25) is 0 Å². The number of rotatable bonds is 3. The highest BCUT2D eigenvalue weighted by atomic mass is 32.1. The van der Waals surface area contributed by atoms with E-state index in [-0.39, 0.29) is 5.82 Å². The Morgan fingerprint density at radius 1 is 1.47 bits per heavy atom. The molecule has 1 unspecified atom stereocenters. The molecule has 0 aliphatic carbocycles. The van der Waals surface area contributed by atoms with E-state index >= 15 is 0 Å². The summed E-state index contributed by atoms with van der Waals surface area (Å²) < 4.78 is 14.4. The van der Waals surface area contributed by atoms with Crippen LogP contribution in [0.1, 0.15) is 11.8 Å². The van der Waals surface area contributed by atoms with Crippen molar-refractivity contribution in [2.24, 2.45) is 0 Å². The first kappa shape index (κ1) is 10.6. The van der Waals surface area contributed by atoms with Crippen LogP contribution >= 0.6 is 11.3 Å². The van der Waals surface area contributed by atoms with Crippen molar-refractivity contribution in [2.45, 2.75) is 19.4 Å². The summed E-state index contributed by atoms with van der Waals surface area (Å²) in [6.07, 6.45) is 0.954. The summed E-state index contributed by atoms with van der Waals surface area (Å²) in [5.41, 5.74) is 0. The second-order valence-electron chi connectivity index (χ2n) is 3.76. The SMILES string of the molecule is CNC(C)Cc1cc2c(F)cccc2s1. The van der Waals surface area contributed by atoms with Crippen molar-refractivity contribution in [2.75, 3.05) is 7.05 Å². The van der Waals surface area contributed by atoms with Crippen LogP contribution in [0.4, 0.5) is 4.39 Å². The van der Waals surface area contributed by atoms with Gasteiger partial charge in [0.05, 0.1) is 0 Å². The van der Waals surface area contributed by atoms with Crippen molar-refractivity contribution in [1.29, 1.82) is 0 Å². The molecule has 0 amide bonds. The topological polar surface area (TPSA) is 12.0 Å². The van der Waals surface area contributed by atoms with Gasteiger partial charge in [-0.1, -0.05) is 6.07 Å². The van der Waals surface area contributed by atoms with Crippen LogP contribution in [0.2, 0.25) is 0 Å². The van der Waals surface area contributed by atoms with Crippen LogP contribution in [0, 0.1) is 5.82 Å². The van der Waals surface area contributed by atoms with E-state index in [0.29, 0.717) is 6.04 Å². The molecule has 0 saturated heterocycles. The summed E-state index contributed by atoms with van der Waals surface area (Å²) in [5, 5.41) is 3.94. The van der Waals surface area contributed by atoms with Gasteiger partial charge < -0.3 is 5.32 Å². The third-order valence-corrected chi connectivity index (χ3v) is 3.68. The second-order valence-corrected chi connectivity index (χ2v) is 4.93. The van der Waals surface area contributed by atoms with Crippen LogP contribution in [0.3, 0.4) is 0 Å². The van der Waals surface area contributed by atoms with Gasteiger partial charge in [-0.25, -0.2) is 4.39 Å². The maximum atomic E-state index is 13.4. The standard InChI is InChI=1S/C12H14FNS/c1-8(14-2)6-9-7-10-11(13)4-3-5-12(10)15-9/h3-5,7-8,14H,6H2,1-2H3. The quantitative estimate of drug-likeness (QED) is 0.842. The van der Waals surface area contributed by atoms with Gasteiger partial charge in [0.1, 0.15) is 5.82 Å². The fourth-order valence-electron chi connectivity index (χ4n) is 1.58. The van der Waals surface area contributed by atoms with Gasteiger partial charge in [-0.05, 0) is 38.6 Å². The molecule has 2 rings (SSSR count). The molecule has 1 atom stereocenters. The predicted molar refractivity (Wildman–Crippen MR) is 64.0 cm³/mol. The lowest BCUT2D eigenvalue weighted by Crippen LogP contribution is -2.22. The van der Waals surface area contributed by atoms with Crippen LogP contribution in [0.5, 0.6) is 0 Å². The molecule has 0 spiro atoms. The summed E-state index contributed by atoms with van der Waals surface area (Å²) in [6, 6.07) is 7.64. The minimum absolute atomic E-state index is 0.118. The lowest BCUT2D eigenvalue weighted by molar-refractivity contribution is 0.613. The molecule has 1 heterocycles. The minimum Gasteiger partial charge on any atom is -0.317 e. The summed E-state index contributed by atoms with van der Waals surface area (Å²) in [7, 11) is 1.94. The largest absolute Gasteiger partial charge is 0.317 e. The molecule has 80 valence electrons. The van der Waals surface area contributed by atoms with E-state index in [1.807, 2.05) is 19.2 Å². The Hall–Kier alpha value is -0.930. The summed E-state index contributed by atoms with van der Waals surface area (Å²) in [6.45, 7) is 2.13. The zero-order valence-corrected chi connectivity index (χ0v) is 9.70. The minimum atomic E-state index is -0.118. The summed E-state index contributed by atoms with van der Waals surface area (Å²) in [4.78, 5) is 1.23. The molecule has 0 saturated carbocycles. The van der Waals surface area contributed by atoms with E-state index in [4.69, 9.17) is 0 Å². The number of nitrogens with one attached hydrogen (secondary N) is 1. The van der Waals surface area contributed by atoms with Gasteiger partial charge in [-0.3, -0.25) is 0 Å². The highest BCUT2D eigenvalue weighted by Crippen LogP contribution is 2.28. The molecule has 1 N–H and O–H groups in total. The van der Waals surface area contributed by atoms with Crippen molar-refractivity contribution in [3.63, 3.8) is 0 Å². The van der Waals surface area contributed by atoms with Gasteiger partial charge in [0.25, 0.3) is 0 Å². The molecule has 1 nitrogen and oxygen atoms in total. The molecule has 1 aromatic heterocycles. The molecule has 0 fully saturated rings. The van der Waals surface area contributed by atoms with Crippen molar-refractivity contribution in [1.82, 2.24) is 5.32 Å².